The van der Waals surface area contributed by atoms with Crippen molar-refractivity contribution < 1.29 is 18.6 Å². The number of nitrogens with one attached hydrogen (secondary N) is 2. The number of carbonyl (C=O) groups is 1. The van der Waals surface area contributed by atoms with Crippen LogP contribution in [-0.2, 0) is 0 Å². The van der Waals surface area contributed by atoms with Gasteiger partial charge in [-0.05, 0) is 30.7 Å². The zero-order chi connectivity index (χ0) is 18.0. The van der Waals surface area contributed by atoms with Crippen LogP contribution in [-0.4, -0.2) is 11.6 Å². The van der Waals surface area contributed by atoms with E-state index in [2.05, 4.69) is 15.5 Å². The molecule has 4 N–H and O–H groups in total. The van der Waals surface area contributed by atoms with Gasteiger partial charge < -0.3 is 5.73 Å². The molecule has 2 rings (SSSR count). The van der Waals surface area contributed by atoms with Crippen LogP contribution in [0.15, 0.2) is 23.3 Å². The number of aromatic amines is 1. The van der Waals surface area contributed by atoms with Crippen LogP contribution in [0.1, 0.15) is 23.0 Å². The molecule has 0 atom stereocenters. The molecule has 10 heteroatoms. The van der Waals surface area contributed by atoms with Crippen molar-refractivity contribution in [2.45, 2.75) is 6.92 Å². The Balaban J connectivity index is 2.31. The molecule has 1 amide bonds. The highest BCUT2D eigenvalue weighted by molar-refractivity contribution is 6.45. The third-order valence-electron chi connectivity index (χ3n) is 3.00. The van der Waals surface area contributed by atoms with E-state index in [0.717, 1.165) is 12.1 Å². The molecule has 1 aromatic carbocycles. The van der Waals surface area contributed by atoms with E-state index in [4.69, 9.17) is 40.5 Å². The van der Waals surface area contributed by atoms with Gasteiger partial charge in [0.2, 0.25) is 0 Å². The number of hydrogen-bond donors (Lipinski definition) is 2. The van der Waals surface area contributed by atoms with Crippen LogP contribution in [0.25, 0.3) is 0 Å². The first kappa shape index (κ1) is 18.4. The van der Waals surface area contributed by atoms with Crippen molar-refractivity contribution in [3.05, 3.63) is 56.3 Å². The molecule has 0 saturated heterocycles. The van der Waals surface area contributed by atoms with E-state index in [1.54, 1.807) is 0 Å². The lowest BCUT2D eigenvalue weighted by Crippen LogP contribution is -2.29. The Morgan fingerprint density at radius 3 is 2.38 bits per heavy atom. The van der Waals surface area contributed by atoms with Gasteiger partial charge in [0.25, 0.3) is 10.8 Å². The van der Waals surface area contributed by atoms with Crippen LogP contribution in [0.4, 0.5) is 14.5 Å². The maximum Gasteiger partial charge on any atom is 0.337 e. The molecule has 1 aromatic heterocycles. The predicted octanol–water partition coefficient (Wildman–Crippen LogP) is 3.48. The number of rotatable bonds is 3. The van der Waals surface area contributed by atoms with Gasteiger partial charge >= 0.3 is 5.91 Å². The first-order valence-electron chi connectivity index (χ1n) is 6.38. The number of H-pyrrole nitrogens is 1. The van der Waals surface area contributed by atoms with Gasteiger partial charge in [-0.15, -0.1) is 0 Å². The Morgan fingerprint density at radius 1 is 1.21 bits per heavy atom. The van der Waals surface area contributed by atoms with E-state index >= 15 is 0 Å². The fourth-order valence-corrected chi connectivity index (χ4v) is 2.43. The molecule has 0 aliphatic carbocycles. The largest absolute Gasteiger partial charge is 0.396 e. The average Bonchev–Trinajstić information content (AvgIpc) is 2.53. The van der Waals surface area contributed by atoms with Crippen molar-refractivity contribution in [3.63, 3.8) is 0 Å². The number of hydrazone groups is 1. The fraction of sp³-hybridized carbons (Fsp3) is 0.0714. The molecule has 0 aliphatic rings. The predicted molar refractivity (Wildman–Crippen MR) is 88.5 cm³/mol. The quantitative estimate of drug-likeness (QED) is 0.475. The smallest absolute Gasteiger partial charge is 0.337 e. The van der Waals surface area contributed by atoms with E-state index in [9.17, 15) is 13.6 Å². The van der Waals surface area contributed by atoms with Crippen LogP contribution in [0.3, 0.4) is 0 Å². The molecule has 24 heavy (non-hydrogen) atoms. The van der Waals surface area contributed by atoms with Crippen LogP contribution < -0.4 is 16.1 Å². The zero-order valence-electron chi connectivity index (χ0n) is 12.1. The second kappa shape index (κ2) is 7.29. The van der Waals surface area contributed by atoms with Crippen molar-refractivity contribution in [1.29, 1.82) is 0 Å². The summed E-state index contributed by atoms with van der Waals surface area (Å²) < 4.78 is 27.3. The molecular weight excluding hydrogens is 385 g/mol. The number of pyridine rings is 1. The highest BCUT2D eigenvalue weighted by atomic mass is 35.5. The number of halogens is 5. The minimum Gasteiger partial charge on any atom is -0.396 e. The summed E-state index contributed by atoms with van der Waals surface area (Å²) in [7, 11) is 0. The summed E-state index contributed by atoms with van der Waals surface area (Å²) in [4.78, 5) is 14.6. The molecule has 126 valence electrons. The number of anilines is 1. The lowest BCUT2D eigenvalue weighted by Gasteiger charge is -2.05. The number of aromatic nitrogens is 1. The van der Waals surface area contributed by atoms with Crippen molar-refractivity contribution in [1.82, 2.24) is 5.43 Å². The lowest BCUT2D eigenvalue weighted by atomic mass is 10.1. The summed E-state index contributed by atoms with van der Waals surface area (Å²) in [5.41, 5.74) is 7.00. The highest BCUT2D eigenvalue weighted by Gasteiger charge is 2.26. The summed E-state index contributed by atoms with van der Waals surface area (Å²) in [5.74, 6) is -2.44. The van der Waals surface area contributed by atoms with E-state index in [1.807, 2.05) is 0 Å². The SMILES string of the molecule is C/C(=N\NC(=O)c1[nH+]c(Cl)c(Cl)c(N)c1Cl)c1c(F)cccc1F. The number of hydrogen-bond acceptors (Lipinski definition) is 3. The Morgan fingerprint density at radius 2 is 1.79 bits per heavy atom. The summed E-state index contributed by atoms with van der Waals surface area (Å²) in [6.45, 7) is 1.33. The summed E-state index contributed by atoms with van der Waals surface area (Å²) in [6.07, 6.45) is 0. The zero-order valence-corrected chi connectivity index (χ0v) is 14.3. The fourth-order valence-electron chi connectivity index (χ4n) is 1.82. The maximum absolute atomic E-state index is 13.7. The third-order valence-corrected chi connectivity index (χ3v) is 4.16. The second-order valence-electron chi connectivity index (χ2n) is 4.59. The highest BCUT2D eigenvalue weighted by Crippen LogP contribution is 2.31. The second-order valence-corrected chi connectivity index (χ2v) is 5.72. The van der Waals surface area contributed by atoms with Crippen molar-refractivity contribution in [2.75, 3.05) is 5.73 Å². The Kier molecular flexibility index (Phi) is 5.58. The van der Waals surface area contributed by atoms with Gasteiger partial charge in [-0.3, -0.25) is 4.79 Å². The van der Waals surface area contributed by atoms with Crippen LogP contribution in [0, 0.1) is 11.6 Å². The summed E-state index contributed by atoms with van der Waals surface area (Å²) in [6, 6.07) is 3.36. The molecule has 0 spiro atoms. The lowest BCUT2D eigenvalue weighted by molar-refractivity contribution is -0.379. The van der Waals surface area contributed by atoms with Crippen LogP contribution in [0.5, 0.6) is 0 Å². The first-order chi connectivity index (χ1) is 11.2. The number of nitrogens with two attached hydrogens (primary N) is 1. The number of benzene rings is 1. The van der Waals surface area contributed by atoms with E-state index < -0.39 is 17.5 Å². The molecular formula is C14H10Cl3F2N4O+. The molecule has 0 saturated carbocycles. The van der Waals surface area contributed by atoms with Crippen molar-refractivity contribution in [2.24, 2.45) is 5.10 Å². The van der Waals surface area contributed by atoms with Crippen LogP contribution >= 0.6 is 34.8 Å². The third kappa shape index (κ3) is 3.58. The Hall–Kier alpha value is -1.96. The molecule has 0 fully saturated rings. The van der Waals surface area contributed by atoms with Gasteiger partial charge in [0.05, 0.1) is 17.0 Å². The van der Waals surface area contributed by atoms with Gasteiger partial charge in [-0.2, -0.15) is 10.1 Å². The van der Waals surface area contributed by atoms with Gasteiger partial charge in [-0.25, -0.2) is 14.2 Å². The molecule has 2 aromatic rings. The molecule has 1 heterocycles. The first-order valence-corrected chi connectivity index (χ1v) is 7.51. The van der Waals surface area contributed by atoms with Gasteiger partial charge in [0, 0.05) is 0 Å². The summed E-state index contributed by atoms with van der Waals surface area (Å²) in [5, 5.41) is 3.37. The Labute approximate surface area is 150 Å². The van der Waals surface area contributed by atoms with Crippen LogP contribution in [0.2, 0.25) is 15.2 Å². The van der Waals surface area contributed by atoms with Gasteiger partial charge in [0.1, 0.15) is 21.7 Å². The molecule has 5 nitrogen and oxygen atoms in total. The molecule has 0 radical (unpaired) electrons. The minimum absolute atomic E-state index is 0.0358. The maximum atomic E-state index is 13.7. The normalized spacial score (nSPS) is 11.5. The molecule has 0 aliphatic heterocycles. The Bertz CT molecular complexity index is 838. The number of amides is 1. The van der Waals surface area contributed by atoms with Gasteiger partial charge in [-0.1, -0.05) is 29.3 Å². The average molecular weight is 395 g/mol. The van der Waals surface area contributed by atoms with Crippen molar-refractivity contribution in [3.8, 4) is 0 Å². The monoisotopic (exact) mass is 393 g/mol. The van der Waals surface area contributed by atoms with E-state index in [-0.39, 0.29) is 37.9 Å². The van der Waals surface area contributed by atoms with E-state index in [1.165, 1.54) is 13.0 Å². The number of nitrogens with zero attached hydrogens (tertiary/aromatic N) is 1. The molecule has 0 bridgehead atoms. The number of nitrogen functional groups attached to an aromatic ring is 1. The van der Waals surface area contributed by atoms with Gasteiger partial charge in [0.15, 0.2) is 0 Å². The standard InChI is InChI=1S/C14H9Cl3F2N4O/c1-5(8-6(18)3-2-4-7(8)19)22-23-14(24)12-9(15)11(20)10(16)13(17)21-12/h2-4H,1H3,(H2,20,21)(H,23,24)/p+1/b22-5+. The minimum atomic E-state index is -0.818. The van der Waals surface area contributed by atoms with E-state index in [0.29, 0.717) is 0 Å². The summed E-state index contributed by atoms with van der Waals surface area (Å²) >= 11 is 17.5. The molecule has 0 unspecified atom stereocenters. The van der Waals surface area contributed by atoms with Crippen molar-refractivity contribution >= 4 is 52.1 Å². The topological polar surface area (TPSA) is 81.6 Å². The number of carbonyl (C=O) groups excluding carboxylic acids is 1.